The summed E-state index contributed by atoms with van der Waals surface area (Å²) in [6.45, 7) is -0.519. The summed E-state index contributed by atoms with van der Waals surface area (Å²) in [5.74, 6) is 0. The molecule has 0 aliphatic heterocycles. The minimum atomic E-state index is -1.20. The molecule has 0 heterocycles. The maximum atomic E-state index is 9.68. The van der Waals surface area contributed by atoms with Gasteiger partial charge in [0.1, 0.15) is 12.4 Å². The molecule has 0 unspecified atom stereocenters. The highest BCUT2D eigenvalue weighted by molar-refractivity contribution is 5.50. The molecule has 0 aromatic rings. The predicted octanol–water partition coefficient (Wildman–Crippen LogP) is -1.71. The monoisotopic (exact) mass is 134 g/mol. The number of rotatable bonds is 4. The minimum absolute atomic E-state index is 0.137. The molecule has 0 saturated carbocycles. The highest BCUT2D eigenvalue weighted by Crippen LogP contribution is 1.94. The molecule has 0 rings (SSSR count). The number of aliphatic hydroxyl groups excluding tert-OH is 3. The van der Waals surface area contributed by atoms with Crippen molar-refractivity contribution < 1.29 is 20.1 Å². The summed E-state index contributed by atoms with van der Waals surface area (Å²) in [7, 11) is 0. The molecular formula is C5H10O4. The normalized spacial score (nSPS) is 16.8. The summed E-state index contributed by atoms with van der Waals surface area (Å²) in [6.07, 6.45) is -1.98. The van der Waals surface area contributed by atoms with Gasteiger partial charge in [0.15, 0.2) is 0 Å². The van der Waals surface area contributed by atoms with E-state index in [2.05, 4.69) is 0 Å². The second kappa shape index (κ2) is 4.43. The maximum Gasteiger partial charge on any atom is 0.122 e. The first-order valence-electron chi connectivity index (χ1n) is 2.63. The van der Waals surface area contributed by atoms with Gasteiger partial charge in [-0.25, -0.2) is 0 Å². The van der Waals surface area contributed by atoms with Crippen LogP contribution in [0.3, 0.4) is 0 Å². The third kappa shape index (κ3) is 3.18. The van der Waals surface area contributed by atoms with Gasteiger partial charge in [-0.2, -0.15) is 0 Å². The van der Waals surface area contributed by atoms with Gasteiger partial charge in [-0.1, -0.05) is 0 Å². The van der Waals surface area contributed by atoms with Gasteiger partial charge < -0.3 is 20.1 Å². The van der Waals surface area contributed by atoms with Crippen molar-refractivity contribution in [3.63, 3.8) is 0 Å². The molecule has 0 bridgehead atoms. The Morgan fingerprint density at radius 1 is 1.33 bits per heavy atom. The van der Waals surface area contributed by atoms with Crippen LogP contribution < -0.4 is 0 Å². The Labute approximate surface area is 52.7 Å². The first-order chi connectivity index (χ1) is 4.22. The molecule has 0 amide bonds. The van der Waals surface area contributed by atoms with Gasteiger partial charge >= 0.3 is 0 Å². The van der Waals surface area contributed by atoms with E-state index in [1.165, 1.54) is 0 Å². The van der Waals surface area contributed by atoms with E-state index in [1.54, 1.807) is 0 Å². The standard InChI is InChI=1S/C5H10O4/c6-2-1-4(8)5(9)3-7/h2,4-5,7-9H,1,3H2/t4-,5+/m1/s1. The number of hydrogen-bond donors (Lipinski definition) is 3. The fourth-order valence-corrected chi connectivity index (χ4v) is 0.377. The van der Waals surface area contributed by atoms with Crippen LogP contribution in [0.15, 0.2) is 0 Å². The zero-order chi connectivity index (χ0) is 7.28. The lowest BCUT2D eigenvalue weighted by molar-refractivity contribution is -0.111. The third-order valence-electron chi connectivity index (χ3n) is 0.969. The zero-order valence-corrected chi connectivity index (χ0v) is 4.90. The molecule has 0 spiro atoms. The van der Waals surface area contributed by atoms with E-state index in [1.807, 2.05) is 0 Å². The molecule has 2 atom stereocenters. The van der Waals surface area contributed by atoms with Crippen LogP contribution in [0.2, 0.25) is 0 Å². The third-order valence-corrected chi connectivity index (χ3v) is 0.969. The molecule has 0 aromatic carbocycles. The first-order valence-corrected chi connectivity index (χ1v) is 2.63. The Morgan fingerprint density at radius 2 is 1.89 bits per heavy atom. The summed E-state index contributed by atoms with van der Waals surface area (Å²) < 4.78 is 0. The van der Waals surface area contributed by atoms with Crippen molar-refractivity contribution in [3.8, 4) is 0 Å². The van der Waals surface area contributed by atoms with Gasteiger partial charge in [-0.3, -0.25) is 0 Å². The summed E-state index contributed by atoms with van der Waals surface area (Å²) >= 11 is 0. The fraction of sp³-hybridized carbons (Fsp3) is 0.800. The van der Waals surface area contributed by atoms with Crippen LogP contribution in [0.5, 0.6) is 0 Å². The van der Waals surface area contributed by atoms with Crippen molar-refractivity contribution in [2.24, 2.45) is 0 Å². The van der Waals surface area contributed by atoms with Crippen LogP contribution in [0, 0.1) is 0 Å². The lowest BCUT2D eigenvalue weighted by Gasteiger charge is -2.11. The van der Waals surface area contributed by atoms with Crippen LogP contribution in [0.25, 0.3) is 0 Å². The molecule has 3 N–H and O–H groups in total. The largest absolute Gasteiger partial charge is 0.394 e. The van der Waals surface area contributed by atoms with Crippen LogP contribution in [-0.4, -0.2) is 40.4 Å². The molecular weight excluding hydrogens is 124 g/mol. The first kappa shape index (κ1) is 8.55. The van der Waals surface area contributed by atoms with Crippen LogP contribution >= 0.6 is 0 Å². The number of carbonyl (C=O) groups excluding carboxylic acids is 1. The van der Waals surface area contributed by atoms with Crippen molar-refractivity contribution in [2.75, 3.05) is 6.61 Å². The lowest BCUT2D eigenvalue weighted by atomic mass is 10.2. The molecule has 9 heavy (non-hydrogen) atoms. The predicted molar refractivity (Wildman–Crippen MR) is 29.8 cm³/mol. The van der Waals surface area contributed by atoms with Crippen molar-refractivity contribution in [1.82, 2.24) is 0 Å². The van der Waals surface area contributed by atoms with Gasteiger partial charge in [0.2, 0.25) is 0 Å². The Morgan fingerprint density at radius 3 is 2.22 bits per heavy atom. The van der Waals surface area contributed by atoms with Crippen molar-refractivity contribution in [1.29, 1.82) is 0 Å². The molecule has 4 nitrogen and oxygen atoms in total. The molecule has 0 fully saturated rings. The number of carbonyl (C=O) groups is 1. The minimum Gasteiger partial charge on any atom is -0.394 e. The Balaban J connectivity index is 3.44. The van der Waals surface area contributed by atoms with E-state index in [0.717, 1.165) is 0 Å². The van der Waals surface area contributed by atoms with E-state index < -0.39 is 18.8 Å². The van der Waals surface area contributed by atoms with E-state index in [4.69, 9.17) is 15.3 Å². The van der Waals surface area contributed by atoms with Gasteiger partial charge in [0.05, 0.1) is 12.7 Å². The number of hydrogen-bond acceptors (Lipinski definition) is 4. The van der Waals surface area contributed by atoms with E-state index in [0.29, 0.717) is 6.29 Å². The Kier molecular flexibility index (Phi) is 4.21. The van der Waals surface area contributed by atoms with Crippen LogP contribution in [0.1, 0.15) is 6.42 Å². The molecule has 0 saturated heterocycles. The van der Waals surface area contributed by atoms with Crippen LogP contribution in [0.4, 0.5) is 0 Å². The summed E-state index contributed by atoms with van der Waals surface area (Å²) in [6, 6.07) is 0. The SMILES string of the molecule is O=CC[C@@H](O)[C@@H](O)CO. The highest BCUT2D eigenvalue weighted by Gasteiger charge is 2.13. The van der Waals surface area contributed by atoms with E-state index in [9.17, 15) is 4.79 Å². The second-order valence-electron chi connectivity index (χ2n) is 1.72. The molecule has 54 valence electrons. The lowest BCUT2D eigenvalue weighted by Crippen LogP contribution is -2.29. The number of aldehydes is 1. The molecule has 0 aliphatic carbocycles. The topological polar surface area (TPSA) is 77.8 Å². The van der Waals surface area contributed by atoms with E-state index >= 15 is 0 Å². The van der Waals surface area contributed by atoms with E-state index in [-0.39, 0.29) is 6.42 Å². The van der Waals surface area contributed by atoms with Gasteiger partial charge in [0.25, 0.3) is 0 Å². The van der Waals surface area contributed by atoms with Gasteiger partial charge in [0, 0.05) is 6.42 Å². The maximum absolute atomic E-state index is 9.68. The number of aliphatic hydroxyl groups is 3. The van der Waals surface area contributed by atoms with Gasteiger partial charge in [-0.15, -0.1) is 0 Å². The molecule has 0 aliphatic rings. The van der Waals surface area contributed by atoms with Gasteiger partial charge in [-0.05, 0) is 0 Å². The summed E-state index contributed by atoms with van der Waals surface area (Å²) in [4.78, 5) is 9.68. The van der Waals surface area contributed by atoms with Crippen molar-refractivity contribution >= 4 is 6.29 Å². The Hall–Kier alpha value is -0.450. The zero-order valence-electron chi connectivity index (χ0n) is 4.90. The average Bonchev–Trinajstić information content (AvgIpc) is 1.87. The van der Waals surface area contributed by atoms with Crippen LogP contribution in [-0.2, 0) is 4.79 Å². The quantitative estimate of drug-likeness (QED) is 0.400. The Bertz CT molecular complexity index is 83.0. The second-order valence-corrected chi connectivity index (χ2v) is 1.72. The van der Waals surface area contributed by atoms with Crippen molar-refractivity contribution in [3.05, 3.63) is 0 Å². The summed E-state index contributed by atoms with van der Waals surface area (Å²) in [5, 5.41) is 25.5. The highest BCUT2D eigenvalue weighted by atomic mass is 16.4. The molecule has 0 aromatic heterocycles. The molecule has 4 heteroatoms. The smallest absolute Gasteiger partial charge is 0.122 e. The fourth-order valence-electron chi connectivity index (χ4n) is 0.377. The molecule has 0 radical (unpaired) electrons. The average molecular weight is 134 g/mol. The summed E-state index contributed by atoms with van der Waals surface area (Å²) in [5.41, 5.74) is 0. The van der Waals surface area contributed by atoms with Crippen molar-refractivity contribution in [2.45, 2.75) is 18.6 Å².